The van der Waals surface area contributed by atoms with E-state index in [1.54, 1.807) is 0 Å². The third kappa shape index (κ3) is 4.15. The molecule has 1 aliphatic rings. The summed E-state index contributed by atoms with van der Waals surface area (Å²) in [5.41, 5.74) is 4.83. The maximum atomic E-state index is 12.6. The minimum atomic E-state index is 0.0374. The predicted octanol–water partition coefficient (Wildman–Crippen LogP) is 4.52. The van der Waals surface area contributed by atoms with Crippen molar-refractivity contribution < 1.29 is 4.79 Å². The smallest absolute Gasteiger partial charge is 0.230 e. The molecule has 1 aromatic heterocycles. The zero-order chi connectivity index (χ0) is 21.1. The van der Waals surface area contributed by atoms with Crippen LogP contribution in [0.5, 0.6) is 0 Å². The molecule has 1 N–H and O–H groups in total. The molecule has 0 aliphatic heterocycles. The summed E-state index contributed by atoms with van der Waals surface area (Å²) in [7, 11) is 0. The Morgan fingerprint density at radius 3 is 2.57 bits per heavy atom. The predicted molar refractivity (Wildman–Crippen MR) is 121 cm³/mol. The molecule has 0 spiro atoms. The second-order valence-corrected chi connectivity index (χ2v) is 9.16. The average Bonchev–Trinajstić information content (AvgIpc) is 3.08. The van der Waals surface area contributed by atoms with Crippen molar-refractivity contribution >= 4 is 17.7 Å². The summed E-state index contributed by atoms with van der Waals surface area (Å²) in [6.45, 7) is 6.79. The van der Waals surface area contributed by atoms with Crippen molar-refractivity contribution in [1.82, 2.24) is 20.1 Å². The average molecular weight is 421 g/mol. The van der Waals surface area contributed by atoms with Crippen LogP contribution in [0.1, 0.15) is 41.8 Å². The van der Waals surface area contributed by atoms with Gasteiger partial charge in [0, 0.05) is 12.0 Å². The molecule has 0 radical (unpaired) electrons. The summed E-state index contributed by atoms with van der Waals surface area (Å²) in [5.74, 6) is 1.19. The minimum absolute atomic E-state index is 0.0374. The summed E-state index contributed by atoms with van der Waals surface area (Å²) < 4.78 is 2.04. The molecule has 1 amide bonds. The molecule has 2 aromatic carbocycles. The lowest BCUT2D eigenvalue weighted by Crippen LogP contribution is -2.46. The fourth-order valence-electron chi connectivity index (χ4n) is 4.09. The van der Waals surface area contributed by atoms with Crippen LogP contribution >= 0.6 is 11.8 Å². The van der Waals surface area contributed by atoms with Gasteiger partial charge in [-0.3, -0.25) is 9.36 Å². The first-order valence-electron chi connectivity index (χ1n) is 10.4. The molecular formula is C24H28N4OS. The molecule has 6 heteroatoms. The van der Waals surface area contributed by atoms with E-state index in [0.29, 0.717) is 12.3 Å². The van der Waals surface area contributed by atoms with Crippen molar-refractivity contribution in [1.29, 1.82) is 0 Å². The van der Waals surface area contributed by atoms with E-state index in [2.05, 4.69) is 71.8 Å². The van der Waals surface area contributed by atoms with E-state index in [9.17, 15) is 4.79 Å². The van der Waals surface area contributed by atoms with E-state index in [1.807, 2.05) is 17.6 Å². The Balaban J connectivity index is 1.41. The number of benzene rings is 2. The topological polar surface area (TPSA) is 59.8 Å². The van der Waals surface area contributed by atoms with Gasteiger partial charge >= 0.3 is 0 Å². The van der Waals surface area contributed by atoms with Gasteiger partial charge in [0.15, 0.2) is 5.16 Å². The van der Waals surface area contributed by atoms with Gasteiger partial charge in [0.25, 0.3) is 0 Å². The van der Waals surface area contributed by atoms with Crippen molar-refractivity contribution in [2.45, 2.75) is 50.6 Å². The number of aromatic nitrogens is 3. The normalized spacial score (nSPS) is 14.9. The number of carbonyl (C=O) groups excluding carboxylic acids is 1. The number of hydrogen-bond donors (Lipinski definition) is 1. The highest BCUT2D eigenvalue weighted by molar-refractivity contribution is 7.99. The SMILES string of the molecule is Cc1ccc(C)c(-n2c(C)nnc2SCC(=O)NCC2(c3ccccc3)CCC2)c1. The Bertz CT molecular complexity index is 1040. The van der Waals surface area contributed by atoms with Gasteiger partial charge in [-0.25, -0.2) is 0 Å². The summed E-state index contributed by atoms with van der Waals surface area (Å²) in [4.78, 5) is 12.6. The molecule has 0 atom stereocenters. The van der Waals surface area contributed by atoms with Crippen LogP contribution in [0.2, 0.25) is 0 Å². The summed E-state index contributed by atoms with van der Waals surface area (Å²) in [6, 6.07) is 16.9. The van der Waals surface area contributed by atoms with Gasteiger partial charge < -0.3 is 5.32 Å². The number of nitrogens with one attached hydrogen (secondary N) is 1. The number of carbonyl (C=O) groups is 1. The lowest BCUT2D eigenvalue weighted by Gasteiger charge is -2.42. The first-order chi connectivity index (χ1) is 14.5. The number of nitrogens with zero attached hydrogens (tertiary/aromatic N) is 3. The molecule has 1 heterocycles. The van der Waals surface area contributed by atoms with Crippen LogP contribution in [0, 0.1) is 20.8 Å². The van der Waals surface area contributed by atoms with Crippen LogP contribution in [0.4, 0.5) is 0 Å². The van der Waals surface area contributed by atoms with Crippen molar-refractivity contribution in [3.8, 4) is 5.69 Å². The number of thioether (sulfide) groups is 1. The van der Waals surface area contributed by atoms with E-state index in [-0.39, 0.29) is 11.3 Å². The number of rotatable bonds is 7. The molecule has 0 bridgehead atoms. The van der Waals surface area contributed by atoms with Crippen molar-refractivity contribution in [2.75, 3.05) is 12.3 Å². The van der Waals surface area contributed by atoms with Crippen molar-refractivity contribution in [3.63, 3.8) is 0 Å². The zero-order valence-corrected chi connectivity index (χ0v) is 18.6. The molecular weight excluding hydrogens is 392 g/mol. The number of hydrogen-bond acceptors (Lipinski definition) is 4. The van der Waals surface area contributed by atoms with Crippen LogP contribution in [0.15, 0.2) is 53.7 Å². The van der Waals surface area contributed by atoms with Gasteiger partial charge in [0.1, 0.15) is 5.82 Å². The molecule has 0 unspecified atom stereocenters. The van der Waals surface area contributed by atoms with E-state index in [4.69, 9.17) is 0 Å². The molecule has 30 heavy (non-hydrogen) atoms. The molecule has 1 aliphatic carbocycles. The van der Waals surface area contributed by atoms with Crippen LogP contribution in [0.25, 0.3) is 5.69 Å². The van der Waals surface area contributed by atoms with E-state index in [0.717, 1.165) is 35.1 Å². The Kier molecular flexibility index (Phi) is 5.95. The Hall–Kier alpha value is -2.60. The van der Waals surface area contributed by atoms with Gasteiger partial charge in [-0.1, -0.05) is 60.6 Å². The fourth-order valence-corrected chi connectivity index (χ4v) is 4.91. The highest BCUT2D eigenvalue weighted by atomic mass is 32.2. The Labute approximate surface area is 182 Å². The van der Waals surface area contributed by atoms with Gasteiger partial charge in [-0.15, -0.1) is 10.2 Å². The van der Waals surface area contributed by atoms with Crippen LogP contribution in [0.3, 0.4) is 0 Å². The largest absolute Gasteiger partial charge is 0.354 e. The number of aryl methyl sites for hydroxylation is 3. The monoisotopic (exact) mass is 420 g/mol. The second kappa shape index (κ2) is 8.64. The van der Waals surface area contributed by atoms with Gasteiger partial charge in [-0.05, 0) is 56.4 Å². The maximum absolute atomic E-state index is 12.6. The van der Waals surface area contributed by atoms with Crippen LogP contribution in [-0.2, 0) is 10.2 Å². The highest BCUT2D eigenvalue weighted by Gasteiger charge is 2.38. The van der Waals surface area contributed by atoms with Gasteiger partial charge in [0.2, 0.25) is 5.91 Å². The van der Waals surface area contributed by atoms with E-state index >= 15 is 0 Å². The van der Waals surface area contributed by atoms with Crippen molar-refractivity contribution in [2.24, 2.45) is 0 Å². The molecule has 1 saturated carbocycles. The lowest BCUT2D eigenvalue weighted by molar-refractivity contribution is -0.119. The first-order valence-corrected chi connectivity index (χ1v) is 11.4. The summed E-state index contributed by atoms with van der Waals surface area (Å²) >= 11 is 1.43. The molecule has 4 rings (SSSR count). The van der Waals surface area contributed by atoms with Crippen LogP contribution in [-0.4, -0.2) is 33.0 Å². The second-order valence-electron chi connectivity index (χ2n) is 8.22. The van der Waals surface area contributed by atoms with Gasteiger partial charge in [0.05, 0.1) is 11.4 Å². The molecule has 0 saturated heterocycles. The minimum Gasteiger partial charge on any atom is -0.354 e. The lowest BCUT2D eigenvalue weighted by atomic mass is 9.64. The quantitative estimate of drug-likeness (QED) is 0.571. The molecule has 156 valence electrons. The van der Waals surface area contributed by atoms with Crippen molar-refractivity contribution in [3.05, 3.63) is 71.0 Å². The molecule has 3 aromatic rings. The van der Waals surface area contributed by atoms with Gasteiger partial charge in [-0.2, -0.15) is 0 Å². The first kappa shape index (κ1) is 20.7. The molecule has 5 nitrogen and oxygen atoms in total. The fraction of sp³-hybridized carbons (Fsp3) is 0.375. The number of amides is 1. The Morgan fingerprint density at radius 2 is 1.87 bits per heavy atom. The third-order valence-corrected chi connectivity index (χ3v) is 6.98. The van der Waals surface area contributed by atoms with E-state index < -0.39 is 0 Å². The standard InChI is InChI=1S/C24H28N4OS/c1-17-10-11-18(2)21(14-17)28-19(3)26-27-23(28)30-15-22(29)25-16-24(12-7-13-24)20-8-5-4-6-9-20/h4-6,8-11,14H,7,12-13,15-16H2,1-3H3,(H,25,29). The zero-order valence-electron chi connectivity index (χ0n) is 17.8. The Morgan fingerprint density at radius 1 is 1.10 bits per heavy atom. The van der Waals surface area contributed by atoms with Crippen LogP contribution < -0.4 is 5.32 Å². The third-order valence-electron chi connectivity index (χ3n) is 6.05. The summed E-state index contributed by atoms with van der Waals surface area (Å²) in [5, 5.41) is 12.5. The maximum Gasteiger partial charge on any atom is 0.230 e. The molecule has 1 fully saturated rings. The van der Waals surface area contributed by atoms with E-state index in [1.165, 1.54) is 29.3 Å². The summed E-state index contributed by atoms with van der Waals surface area (Å²) in [6.07, 6.45) is 3.48. The highest BCUT2D eigenvalue weighted by Crippen LogP contribution is 2.43.